The van der Waals surface area contributed by atoms with Crippen molar-refractivity contribution in [2.24, 2.45) is 5.73 Å². The Balaban J connectivity index is 2.23. The minimum atomic E-state index is -0.289. The van der Waals surface area contributed by atoms with Crippen molar-refractivity contribution in [3.8, 4) is 0 Å². The Bertz CT molecular complexity index is 142. The lowest BCUT2D eigenvalue weighted by Gasteiger charge is -2.23. The first kappa shape index (κ1) is 9.96. The van der Waals surface area contributed by atoms with E-state index in [1.165, 1.54) is 0 Å². The monoisotopic (exact) mass is 173 g/mol. The number of aliphatic hydroxyl groups is 1. The van der Waals surface area contributed by atoms with Gasteiger partial charge in [-0.25, -0.2) is 0 Å². The van der Waals surface area contributed by atoms with Crippen LogP contribution in [-0.2, 0) is 4.74 Å². The normalized spacial score (nSPS) is 31.0. The summed E-state index contributed by atoms with van der Waals surface area (Å²) in [5.41, 5.74) is 5.46. The van der Waals surface area contributed by atoms with Crippen molar-refractivity contribution in [3.05, 3.63) is 0 Å². The van der Waals surface area contributed by atoms with E-state index in [9.17, 15) is 5.11 Å². The van der Waals surface area contributed by atoms with Gasteiger partial charge in [0.25, 0.3) is 0 Å². The van der Waals surface area contributed by atoms with Crippen LogP contribution in [0, 0.1) is 0 Å². The van der Waals surface area contributed by atoms with Crippen LogP contribution in [0.2, 0.25) is 0 Å². The fourth-order valence-corrected chi connectivity index (χ4v) is 1.42. The predicted molar refractivity (Wildman–Crippen MR) is 47.9 cm³/mol. The molecule has 12 heavy (non-hydrogen) atoms. The Morgan fingerprint density at radius 3 is 2.58 bits per heavy atom. The summed E-state index contributed by atoms with van der Waals surface area (Å²) in [5, 5.41) is 9.42. The van der Waals surface area contributed by atoms with Crippen molar-refractivity contribution < 1.29 is 9.84 Å². The summed E-state index contributed by atoms with van der Waals surface area (Å²) in [6, 6.07) is 0. The molecule has 1 rings (SSSR count). The van der Waals surface area contributed by atoms with Gasteiger partial charge in [-0.3, -0.25) is 0 Å². The van der Waals surface area contributed by atoms with E-state index in [1.54, 1.807) is 0 Å². The maximum atomic E-state index is 9.42. The van der Waals surface area contributed by atoms with Crippen LogP contribution in [-0.4, -0.2) is 29.5 Å². The van der Waals surface area contributed by atoms with Crippen LogP contribution in [0.1, 0.15) is 33.1 Å². The third-order valence-electron chi connectivity index (χ3n) is 2.09. The molecule has 2 unspecified atom stereocenters. The summed E-state index contributed by atoms with van der Waals surface area (Å²) >= 11 is 0. The zero-order valence-electron chi connectivity index (χ0n) is 7.92. The van der Waals surface area contributed by atoms with Crippen molar-refractivity contribution in [1.29, 1.82) is 0 Å². The lowest BCUT2D eigenvalue weighted by Crippen LogP contribution is -2.40. The largest absolute Gasteiger partial charge is 0.390 e. The zero-order valence-corrected chi connectivity index (χ0v) is 7.92. The van der Waals surface area contributed by atoms with E-state index in [0.29, 0.717) is 6.61 Å². The molecular weight excluding hydrogens is 154 g/mol. The number of hydrogen-bond donors (Lipinski definition) is 2. The number of ether oxygens (including phenoxy) is 1. The van der Waals surface area contributed by atoms with Gasteiger partial charge >= 0.3 is 0 Å². The topological polar surface area (TPSA) is 55.5 Å². The first-order valence-electron chi connectivity index (χ1n) is 4.57. The molecule has 0 aliphatic heterocycles. The predicted octanol–water partition coefficient (Wildman–Crippen LogP) is 0.654. The zero-order chi connectivity index (χ0) is 9.19. The smallest absolute Gasteiger partial charge is 0.0834 e. The van der Waals surface area contributed by atoms with Crippen LogP contribution in [0.15, 0.2) is 0 Å². The molecule has 0 aromatic carbocycles. The average Bonchev–Trinajstić information content (AvgIpc) is 2.29. The van der Waals surface area contributed by atoms with Gasteiger partial charge in [0.05, 0.1) is 18.8 Å². The van der Waals surface area contributed by atoms with Crippen molar-refractivity contribution in [2.45, 2.75) is 50.9 Å². The van der Waals surface area contributed by atoms with Crippen molar-refractivity contribution >= 4 is 0 Å². The quantitative estimate of drug-likeness (QED) is 0.659. The molecule has 0 bridgehead atoms. The SMILES string of the molecule is CC(C)(N)COC1CCCC1O. The third-order valence-corrected chi connectivity index (χ3v) is 2.09. The summed E-state index contributed by atoms with van der Waals surface area (Å²) < 4.78 is 5.50. The number of nitrogens with two attached hydrogens (primary N) is 1. The highest BCUT2D eigenvalue weighted by molar-refractivity contribution is 4.79. The molecule has 0 aromatic heterocycles. The first-order chi connectivity index (χ1) is 5.49. The third kappa shape index (κ3) is 3.09. The molecule has 1 saturated carbocycles. The summed E-state index contributed by atoms with van der Waals surface area (Å²) in [5.74, 6) is 0. The van der Waals surface area contributed by atoms with Gasteiger partial charge in [-0.05, 0) is 33.1 Å². The second-order valence-corrected chi connectivity index (χ2v) is 4.34. The minimum Gasteiger partial charge on any atom is -0.390 e. The highest BCUT2D eigenvalue weighted by Gasteiger charge is 2.27. The van der Waals surface area contributed by atoms with E-state index >= 15 is 0 Å². The molecule has 1 aliphatic carbocycles. The Labute approximate surface area is 73.9 Å². The van der Waals surface area contributed by atoms with E-state index in [2.05, 4.69) is 0 Å². The number of rotatable bonds is 3. The lowest BCUT2D eigenvalue weighted by molar-refractivity contribution is -0.0327. The highest BCUT2D eigenvalue weighted by atomic mass is 16.5. The molecule has 0 spiro atoms. The summed E-state index contributed by atoms with van der Waals surface area (Å²) in [6.07, 6.45) is 2.66. The van der Waals surface area contributed by atoms with Crippen LogP contribution < -0.4 is 5.73 Å². The molecule has 0 saturated heterocycles. The van der Waals surface area contributed by atoms with Crippen LogP contribution in [0.3, 0.4) is 0 Å². The van der Waals surface area contributed by atoms with Crippen LogP contribution in [0.25, 0.3) is 0 Å². The van der Waals surface area contributed by atoms with E-state index in [1.807, 2.05) is 13.8 Å². The van der Waals surface area contributed by atoms with E-state index in [4.69, 9.17) is 10.5 Å². The van der Waals surface area contributed by atoms with Crippen molar-refractivity contribution in [1.82, 2.24) is 0 Å². The summed E-state index contributed by atoms with van der Waals surface area (Å²) in [7, 11) is 0. The lowest BCUT2D eigenvalue weighted by atomic mass is 10.1. The van der Waals surface area contributed by atoms with Gasteiger partial charge in [0, 0.05) is 5.54 Å². The molecule has 2 atom stereocenters. The molecule has 72 valence electrons. The van der Waals surface area contributed by atoms with Gasteiger partial charge < -0.3 is 15.6 Å². The standard InChI is InChI=1S/C9H19NO2/c1-9(2,10)6-12-8-5-3-4-7(8)11/h7-8,11H,3-6,10H2,1-2H3. The number of hydrogen-bond acceptors (Lipinski definition) is 3. The summed E-state index contributed by atoms with van der Waals surface area (Å²) in [6.45, 7) is 4.37. The van der Waals surface area contributed by atoms with E-state index in [-0.39, 0.29) is 17.7 Å². The molecule has 1 fully saturated rings. The van der Waals surface area contributed by atoms with Crippen LogP contribution in [0.4, 0.5) is 0 Å². The molecule has 0 aromatic rings. The second kappa shape index (κ2) is 3.73. The molecule has 3 heteroatoms. The Kier molecular flexibility index (Phi) is 3.09. The molecule has 0 radical (unpaired) electrons. The Hall–Kier alpha value is -0.120. The molecule has 3 N–H and O–H groups in total. The van der Waals surface area contributed by atoms with Gasteiger partial charge in [-0.2, -0.15) is 0 Å². The van der Waals surface area contributed by atoms with Crippen molar-refractivity contribution in [2.75, 3.05) is 6.61 Å². The molecule has 1 aliphatic rings. The van der Waals surface area contributed by atoms with Crippen LogP contribution >= 0.6 is 0 Å². The Morgan fingerprint density at radius 2 is 2.17 bits per heavy atom. The van der Waals surface area contributed by atoms with E-state index < -0.39 is 0 Å². The van der Waals surface area contributed by atoms with Gasteiger partial charge in [-0.1, -0.05) is 0 Å². The van der Waals surface area contributed by atoms with Gasteiger partial charge in [0.2, 0.25) is 0 Å². The Morgan fingerprint density at radius 1 is 1.50 bits per heavy atom. The summed E-state index contributed by atoms with van der Waals surface area (Å²) in [4.78, 5) is 0. The molecule has 3 nitrogen and oxygen atoms in total. The maximum Gasteiger partial charge on any atom is 0.0834 e. The van der Waals surface area contributed by atoms with Gasteiger partial charge in [0.1, 0.15) is 0 Å². The van der Waals surface area contributed by atoms with Crippen molar-refractivity contribution in [3.63, 3.8) is 0 Å². The highest BCUT2D eigenvalue weighted by Crippen LogP contribution is 2.22. The molecular formula is C9H19NO2. The maximum absolute atomic E-state index is 9.42. The number of aliphatic hydroxyl groups excluding tert-OH is 1. The van der Waals surface area contributed by atoms with E-state index in [0.717, 1.165) is 19.3 Å². The fraction of sp³-hybridized carbons (Fsp3) is 1.00. The average molecular weight is 173 g/mol. The molecule has 0 heterocycles. The first-order valence-corrected chi connectivity index (χ1v) is 4.57. The van der Waals surface area contributed by atoms with Gasteiger partial charge in [0.15, 0.2) is 0 Å². The molecule has 0 amide bonds. The minimum absolute atomic E-state index is 0.0211. The second-order valence-electron chi connectivity index (χ2n) is 4.34. The fourth-order valence-electron chi connectivity index (χ4n) is 1.42. The van der Waals surface area contributed by atoms with Crippen LogP contribution in [0.5, 0.6) is 0 Å². The van der Waals surface area contributed by atoms with Gasteiger partial charge in [-0.15, -0.1) is 0 Å².